The summed E-state index contributed by atoms with van der Waals surface area (Å²) in [5.41, 5.74) is 1.82. The minimum Gasteiger partial charge on any atom is -0.507 e. The first-order chi connectivity index (χ1) is 11.8. The van der Waals surface area contributed by atoms with Gasteiger partial charge in [-0.05, 0) is 17.7 Å². The molecule has 0 spiro atoms. The maximum atomic E-state index is 10.4. The molecule has 5 heteroatoms. The summed E-state index contributed by atoms with van der Waals surface area (Å²) in [4.78, 5) is 2.19. The maximum Gasteiger partial charge on any atom is 0.124 e. The van der Waals surface area contributed by atoms with Crippen LogP contribution in [0.5, 0.6) is 11.5 Å². The van der Waals surface area contributed by atoms with Crippen molar-refractivity contribution in [1.29, 1.82) is 0 Å². The third-order valence-corrected chi connectivity index (χ3v) is 4.37. The van der Waals surface area contributed by atoms with Gasteiger partial charge >= 0.3 is 0 Å². The quantitative estimate of drug-likeness (QED) is 0.756. The van der Waals surface area contributed by atoms with Crippen molar-refractivity contribution in [1.82, 2.24) is 10.2 Å². The summed E-state index contributed by atoms with van der Waals surface area (Å²) in [6.45, 7) is 3.96. The van der Waals surface area contributed by atoms with E-state index in [2.05, 4.69) is 10.2 Å². The van der Waals surface area contributed by atoms with Gasteiger partial charge in [-0.1, -0.05) is 30.3 Å². The van der Waals surface area contributed by atoms with E-state index in [0.717, 1.165) is 37.3 Å². The first kappa shape index (κ1) is 16.8. The van der Waals surface area contributed by atoms with Crippen LogP contribution >= 0.6 is 0 Å². The molecule has 3 N–H and O–H groups in total. The molecule has 0 radical (unpaired) electrons. The number of aliphatic hydroxyl groups excluding tert-OH is 1. The highest BCUT2D eigenvalue weighted by Crippen LogP contribution is 2.32. The Morgan fingerprint density at radius 1 is 1.08 bits per heavy atom. The van der Waals surface area contributed by atoms with Crippen LogP contribution in [0.25, 0.3) is 0 Å². The fourth-order valence-electron chi connectivity index (χ4n) is 3.04. The Labute approximate surface area is 142 Å². The molecule has 1 atom stereocenters. The number of aliphatic hydroxyl groups is 1. The summed E-state index contributed by atoms with van der Waals surface area (Å²) in [7, 11) is 0. The number of benzene rings is 2. The third-order valence-electron chi connectivity index (χ3n) is 4.37. The molecular weight excluding hydrogens is 304 g/mol. The van der Waals surface area contributed by atoms with Gasteiger partial charge in [0.2, 0.25) is 0 Å². The Morgan fingerprint density at radius 3 is 2.50 bits per heavy atom. The van der Waals surface area contributed by atoms with Crippen molar-refractivity contribution in [3.8, 4) is 11.5 Å². The predicted octanol–water partition coefficient (Wildman–Crippen LogP) is 1.91. The van der Waals surface area contributed by atoms with Gasteiger partial charge in [0.15, 0.2) is 0 Å². The number of aromatic hydroxyl groups is 1. The minimum absolute atomic E-state index is 0.0161. The zero-order chi connectivity index (χ0) is 16.8. The summed E-state index contributed by atoms with van der Waals surface area (Å²) in [6, 6.07) is 15.0. The molecule has 0 unspecified atom stereocenters. The van der Waals surface area contributed by atoms with Crippen LogP contribution < -0.4 is 10.1 Å². The lowest BCUT2D eigenvalue weighted by Gasteiger charge is -2.34. The number of ether oxygens (including phenoxy) is 1. The Morgan fingerprint density at radius 2 is 1.83 bits per heavy atom. The number of nitrogens with zero attached hydrogens (tertiary/aromatic N) is 1. The zero-order valence-electron chi connectivity index (χ0n) is 13.7. The Kier molecular flexibility index (Phi) is 5.69. The zero-order valence-corrected chi connectivity index (χ0v) is 13.7. The fourth-order valence-corrected chi connectivity index (χ4v) is 3.04. The average molecular weight is 328 g/mol. The van der Waals surface area contributed by atoms with E-state index in [0.29, 0.717) is 12.4 Å². The summed E-state index contributed by atoms with van der Waals surface area (Å²) < 4.78 is 5.74. The molecule has 2 aromatic carbocycles. The van der Waals surface area contributed by atoms with E-state index in [1.165, 1.54) is 0 Å². The van der Waals surface area contributed by atoms with Crippen molar-refractivity contribution in [2.45, 2.75) is 12.6 Å². The predicted molar refractivity (Wildman–Crippen MR) is 93.2 cm³/mol. The summed E-state index contributed by atoms with van der Waals surface area (Å²) in [6.07, 6.45) is 0. The molecule has 1 aliphatic heterocycles. The van der Waals surface area contributed by atoms with Crippen molar-refractivity contribution < 1.29 is 14.9 Å². The van der Waals surface area contributed by atoms with Crippen molar-refractivity contribution >= 4 is 0 Å². The molecule has 1 heterocycles. The summed E-state index contributed by atoms with van der Waals surface area (Å²) >= 11 is 0. The van der Waals surface area contributed by atoms with Crippen molar-refractivity contribution in [2.24, 2.45) is 0 Å². The number of phenols is 1. The summed E-state index contributed by atoms with van der Waals surface area (Å²) in [5.74, 6) is 0.787. The first-order valence-electron chi connectivity index (χ1n) is 8.33. The Bertz CT molecular complexity index is 642. The Balaban J connectivity index is 1.69. The molecule has 24 heavy (non-hydrogen) atoms. The van der Waals surface area contributed by atoms with E-state index in [-0.39, 0.29) is 18.4 Å². The second-order valence-electron chi connectivity index (χ2n) is 5.98. The standard InChI is InChI=1S/C19H24N2O3/c22-13-18(21-10-8-20-9-11-21)17-7-6-16(12-19(17)23)24-14-15-4-2-1-3-5-15/h1-7,12,18,20,22-23H,8-11,13-14H2/t18-/m0/s1. The monoisotopic (exact) mass is 328 g/mol. The van der Waals surface area contributed by atoms with Gasteiger partial charge in [0.05, 0.1) is 12.6 Å². The average Bonchev–Trinajstić information content (AvgIpc) is 2.64. The van der Waals surface area contributed by atoms with Gasteiger partial charge in [0.25, 0.3) is 0 Å². The van der Waals surface area contributed by atoms with Gasteiger partial charge in [-0.15, -0.1) is 0 Å². The van der Waals surface area contributed by atoms with E-state index in [1.807, 2.05) is 42.5 Å². The van der Waals surface area contributed by atoms with Gasteiger partial charge in [0, 0.05) is 37.8 Å². The van der Waals surface area contributed by atoms with Crippen LogP contribution in [0.3, 0.4) is 0 Å². The molecule has 0 bridgehead atoms. The number of nitrogens with one attached hydrogen (secondary N) is 1. The van der Waals surface area contributed by atoms with Crippen molar-refractivity contribution in [3.05, 3.63) is 59.7 Å². The van der Waals surface area contributed by atoms with Crippen LogP contribution in [0.1, 0.15) is 17.2 Å². The number of hydrogen-bond donors (Lipinski definition) is 3. The minimum atomic E-state index is -0.185. The molecule has 1 saturated heterocycles. The molecule has 5 nitrogen and oxygen atoms in total. The SMILES string of the molecule is OC[C@@H](c1ccc(OCc2ccccc2)cc1O)N1CCNCC1. The maximum absolute atomic E-state index is 10.4. The molecule has 0 aromatic heterocycles. The first-order valence-corrected chi connectivity index (χ1v) is 8.33. The van der Waals surface area contributed by atoms with Gasteiger partial charge in [-0.3, -0.25) is 4.90 Å². The number of rotatable bonds is 6. The molecule has 1 fully saturated rings. The second-order valence-corrected chi connectivity index (χ2v) is 5.98. The second kappa shape index (κ2) is 8.15. The third kappa shape index (κ3) is 4.06. The van der Waals surface area contributed by atoms with Crippen LogP contribution in [-0.2, 0) is 6.61 Å². The molecule has 0 aliphatic carbocycles. The lowest BCUT2D eigenvalue weighted by atomic mass is 10.0. The van der Waals surface area contributed by atoms with Gasteiger partial charge in [-0.25, -0.2) is 0 Å². The van der Waals surface area contributed by atoms with Crippen LogP contribution in [0, 0.1) is 0 Å². The van der Waals surface area contributed by atoms with Crippen LogP contribution in [0.4, 0.5) is 0 Å². The van der Waals surface area contributed by atoms with E-state index < -0.39 is 0 Å². The topological polar surface area (TPSA) is 65.0 Å². The Hall–Kier alpha value is -2.08. The summed E-state index contributed by atoms with van der Waals surface area (Å²) in [5, 5.41) is 23.5. The molecular formula is C19H24N2O3. The van der Waals surface area contributed by atoms with E-state index in [4.69, 9.17) is 4.74 Å². The lowest BCUT2D eigenvalue weighted by Crippen LogP contribution is -2.46. The molecule has 2 aromatic rings. The highest BCUT2D eigenvalue weighted by atomic mass is 16.5. The largest absolute Gasteiger partial charge is 0.507 e. The van der Waals surface area contributed by atoms with Gasteiger partial charge < -0.3 is 20.3 Å². The van der Waals surface area contributed by atoms with E-state index in [1.54, 1.807) is 6.07 Å². The normalized spacial score (nSPS) is 16.7. The van der Waals surface area contributed by atoms with Crippen LogP contribution in [0.2, 0.25) is 0 Å². The lowest BCUT2D eigenvalue weighted by molar-refractivity contribution is 0.109. The highest BCUT2D eigenvalue weighted by molar-refractivity contribution is 5.41. The molecule has 0 amide bonds. The number of phenolic OH excluding ortho intramolecular Hbond substituents is 1. The van der Waals surface area contributed by atoms with Crippen LogP contribution in [0.15, 0.2) is 48.5 Å². The molecule has 128 valence electrons. The highest BCUT2D eigenvalue weighted by Gasteiger charge is 2.24. The molecule has 0 saturated carbocycles. The van der Waals surface area contributed by atoms with E-state index >= 15 is 0 Å². The van der Waals surface area contributed by atoms with Gasteiger partial charge in [0.1, 0.15) is 18.1 Å². The van der Waals surface area contributed by atoms with E-state index in [9.17, 15) is 10.2 Å². The smallest absolute Gasteiger partial charge is 0.124 e. The number of hydrogen-bond acceptors (Lipinski definition) is 5. The van der Waals surface area contributed by atoms with Gasteiger partial charge in [-0.2, -0.15) is 0 Å². The number of piperazine rings is 1. The fraction of sp³-hybridized carbons (Fsp3) is 0.368. The van der Waals surface area contributed by atoms with Crippen LogP contribution in [-0.4, -0.2) is 47.9 Å². The van der Waals surface area contributed by atoms with Crippen molar-refractivity contribution in [3.63, 3.8) is 0 Å². The molecule has 1 aliphatic rings. The molecule has 3 rings (SSSR count). The van der Waals surface area contributed by atoms with Crippen molar-refractivity contribution in [2.75, 3.05) is 32.8 Å².